The summed E-state index contributed by atoms with van der Waals surface area (Å²) in [4.78, 5) is 30.1. The highest BCUT2D eigenvalue weighted by Crippen LogP contribution is 2.33. The van der Waals surface area contributed by atoms with Gasteiger partial charge in [0, 0.05) is 30.1 Å². The van der Waals surface area contributed by atoms with E-state index >= 15 is 0 Å². The number of carbonyl (C=O) groups is 2. The first kappa shape index (κ1) is 36.3. The lowest BCUT2D eigenvalue weighted by Gasteiger charge is -2.34. The molecule has 0 aliphatic rings. The maximum Gasteiger partial charge on any atom is 0.264 e. The second-order valence-electron chi connectivity index (χ2n) is 11.5. The van der Waals surface area contributed by atoms with Crippen LogP contribution >= 0.6 is 11.6 Å². The monoisotopic (exact) mass is 691 g/mol. The van der Waals surface area contributed by atoms with Crippen LogP contribution in [-0.4, -0.2) is 58.0 Å². The predicted octanol–water partition coefficient (Wildman–Crippen LogP) is 6.42. The summed E-state index contributed by atoms with van der Waals surface area (Å²) in [6.45, 7) is 5.30. The lowest BCUT2D eigenvalue weighted by atomic mass is 10.0. The number of benzene rings is 4. The number of carbonyl (C=O) groups excluding carboxylic acids is 2. The van der Waals surface area contributed by atoms with Crippen molar-refractivity contribution in [1.82, 2.24) is 10.2 Å². The highest BCUT2D eigenvalue weighted by Gasteiger charge is 2.35. The quantitative estimate of drug-likeness (QED) is 0.154. The third-order valence-electron chi connectivity index (χ3n) is 8.21. The minimum absolute atomic E-state index is 0.0851. The van der Waals surface area contributed by atoms with Crippen molar-refractivity contribution >= 4 is 39.1 Å². The fraction of sp³-hybridized carbons (Fsp3) is 0.297. The molecule has 4 aromatic carbocycles. The van der Waals surface area contributed by atoms with Crippen molar-refractivity contribution in [3.63, 3.8) is 0 Å². The van der Waals surface area contributed by atoms with E-state index in [9.17, 15) is 18.0 Å². The SMILES string of the molecule is CC[C@@H](C)NC(=O)[C@@H](Cc1ccccc1)N(Cc1ccccc1C)C(=O)CN(c1ccc(Cl)cc1)S(=O)(=O)c1ccc(OC)c(OC)c1. The third-order valence-corrected chi connectivity index (χ3v) is 10.2. The summed E-state index contributed by atoms with van der Waals surface area (Å²) in [7, 11) is -1.49. The van der Waals surface area contributed by atoms with E-state index in [0.717, 1.165) is 21.0 Å². The van der Waals surface area contributed by atoms with Gasteiger partial charge < -0.3 is 19.7 Å². The Hall–Kier alpha value is -4.54. The van der Waals surface area contributed by atoms with Gasteiger partial charge in [-0.15, -0.1) is 0 Å². The molecule has 11 heteroatoms. The number of nitrogens with one attached hydrogen (secondary N) is 1. The van der Waals surface area contributed by atoms with Gasteiger partial charge in [0.15, 0.2) is 11.5 Å². The zero-order chi connectivity index (χ0) is 34.8. The van der Waals surface area contributed by atoms with Crippen molar-refractivity contribution < 1.29 is 27.5 Å². The van der Waals surface area contributed by atoms with Gasteiger partial charge in [0.25, 0.3) is 10.0 Å². The van der Waals surface area contributed by atoms with E-state index in [1.54, 1.807) is 12.1 Å². The van der Waals surface area contributed by atoms with Crippen LogP contribution in [0.25, 0.3) is 0 Å². The first-order chi connectivity index (χ1) is 23.0. The van der Waals surface area contributed by atoms with E-state index in [1.807, 2.05) is 75.4 Å². The molecular formula is C37H42ClN3O6S. The molecular weight excluding hydrogens is 650 g/mol. The fourth-order valence-electron chi connectivity index (χ4n) is 5.21. The van der Waals surface area contributed by atoms with Crippen LogP contribution in [0.4, 0.5) is 5.69 Å². The van der Waals surface area contributed by atoms with Gasteiger partial charge in [-0.2, -0.15) is 0 Å². The van der Waals surface area contributed by atoms with Gasteiger partial charge in [-0.25, -0.2) is 8.42 Å². The molecule has 0 fully saturated rings. The molecule has 4 rings (SSSR count). The molecule has 2 amide bonds. The number of halogens is 1. The number of nitrogens with zero attached hydrogens (tertiary/aromatic N) is 2. The molecule has 2 atom stereocenters. The molecule has 1 N–H and O–H groups in total. The average Bonchev–Trinajstić information content (AvgIpc) is 3.09. The molecule has 0 heterocycles. The van der Waals surface area contributed by atoms with Crippen molar-refractivity contribution in [3.05, 3.63) is 119 Å². The van der Waals surface area contributed by atoms with Crippen molar-refractivity contribution in [3.8, 4) is 11.5 Å². The Balaban J connectivity index is 1.84. The van der Waals surface area contributed by atoms with Crippen LogP contribution in [0.2, 0.25) is 5.02 Å². The second kappa shape index (κ2) is 16.5. The molecule has 9 nitrogen and oxygen atoms in total. The van der Waals surface area contributed by atoms with E-state index in [1.165, 1.54) is 49.5 Å². The second-order valence-corrected chi connectivity index (χ2v) is 13.8. The Kier molecular flexibility index (Phi) is 12.5. The number of anilines is 1. The number of sulfonamides is 1. The summed E-state index contributed by atoms with van der Waals surface area (Å²) in [5.41, 5.74) is 2.85. The summed E-state index contributed by atoms with van der Waals surface area (Å²) in [5.74, 6) is -0.314. The zero-order valence-corrected chi connectivity index (χ0v) is 29.4. The Morgan fingerprint density at radius 1 is 0.875 bits per heavy atom. The van der Waals surface area contributed by atoms with Crippen molar-refractivity contribution in [1.29, 1.82) is 0 Å². The highest BCUT2D eigenvalue weighted by molar-refractivity contribution is 7.92. The molecule has 0 aromatic heterocycles. The number of ether oxygens (including phenoxy) is 2. The lowest BCUT2D eigenvalue weighted by Crippen LogP contribution is -2.54. The van der Waals surface area contributed by atoms with Crippen LogP contribution in [0.1, 0.15) is 37.0 Å². The highest BCUT2D eigenvalue weighted by atomic mass is 35.5. The molecule has 0 spiro atoms. The molecule has 0 aliphatic heterocycles. The van der Waals surface area contributed by atoms with Crippen LogP contribution < -0.4 is 19.1 Å². The van der Waals surface area contributed by atoms with Gasteiger partial charge in [-0.3, -0.25) is 13.9 Å². The maximum atomic E-state index is 14.7. The summed E-state index contributed by atoms with van der Waals surface area (Å²) in [6.07, 6.45) is 0.924. The standard InChI is InChI=1S/C37H42ClN3O6S/c1-6-27(3)39-37(43)33(22-28-13-8-7-9-14-28)40(24-29-15-11-10-12-26(29)2)36(42)25-41(31-18-16-30(38)17-19-31)48(44,45)32-20-21-34(46-4)35(23-32)47-5/h7-21,23,27,33H,6,22,24-25H2,1-5H3,(H,39,43)/t27-,33-/m1/s1. The molecule has 0 saturated heterocycles. The molecule has 48 heavy (non-hydrogen) atoms. The number of hydrogen-bond acceptors (Lipinski definition) is 6. The first-order valence-electron chi connectivity index (χ1n) is 15.7. The lowest BCUT2D eigenvalue weighted by molar-refractivity contribution is -0.140. The largest absolute Gasteiger partial charge is 0.493 e. The number of amides is 2. The number of hydrogen-bond donors (Lipinski definition) is 1. The van der Waals surface area contributed by atoms with Crippen LogP contribution in [0.5, 0.6) is 11.5 Å². The van der Waals surface area contributed by atoms with Gasteiger partial charge in [0.1, 0.15) is 12.6 Å². The number of aryl methyl sites for hydroxylation is 1. The van der Waals surface area contributed by atoms with E-state index in [2.05, 4.69) is 5.32 Å². The summed E-state index contributed by atoms with van der Waals surface area (Å²) < 4.78 is 40.5. The van der Waals surface area contributed by atoms with Crippen molar-refractivity contribution in [2.45, 2.75) is 57.1 Å². The maximum absolute atomic E-state index is 14.7. The Bertz CT molecular complexity index is 1800. The average molecular weight is 692 g/mol. The van der Waals surface area contributed by atoms with Crippen LogP contribution in [-0.2, 0) is 32.6 Å². The number of rotatable bonds is 15. The van der Waals surface area contributed by atoms with Gasteiger partial charge in [0.2, 0.25) is 11.8 Å². The Morgan fingerprint density at radius 3 is 2.15 bits per heavy atom. The van der Waals surface area contributed by atoms with Crippen LogP contribution in [0.15, 0.2) is 102 Å². The predicted molar refractivity (Wildman–Crippen MR) is 189 cm³/mol. The first-order valence-corrected chi connectivity index (χ1v) is 17.5. The fourth-order valence-corrected chi connectivity index (χ4v) is 6.76. The van der Waals surface area contributed by atoms with Crippen molar-refractivity contribution in [2.75, 3.05) is 25.1 Å². The third kappa shape index (κ3) is 8.87. The van der Waals surface area contributed by atoms with Gasteiger partial charge in [-0.1, -0.05) is 73.1 Å². The normalized spacial score (nSPS) is 12.5. The van der Waals surface area contributed by atoms with E-state index in [0.29, 0.717) is 17.2 Å². The molecule has 254 valence electrons. The molecule has 0 aliphatic carbocycles. The molecule has 4 aromatic rings. The molecule has 0 radical (unpaired) electrons. The summed E-state index contributed by atoms with van der Waals surface area (Å²) >= 11 is 6.17. The van der Waals surface area contributed by atoms with E-state index < -0.39 is 28.5 Å². The van der Waals surface area contributed by atoms with Crippen molar-refractivity contribution in [2.24, 2.45) is 0 Å². The van der Waals surface area contributed by atoms with E-state index in [-0.39, 0.29) is 41.2 Å². The minimum atomic E-state index is -4.36. The summed E-state index contributed by atoms with van der Waals surface area (Å²) in [6, 6.07) is 26.4. The van der Waals surface area contributed by atoms with Crippen LogP contribution in [0.3, 0.4) is 0 Å². The zero-order valence-electron chi connectivity index (χ0n) is 27.9. The molecule has 0 unspecified atom stereocenters. The van der Waals surface area contributed by atoms with Crippen LogP contribution in [0, 0.1) is 6.92 Å². The smallest absolute Gasteiger partial charge is 0.264 e. The Morgan fingerprint density at radius 2 is 1.52 bits per heavy atom. The minimum Gasteiger partial charge on any atom is -0.493 e. The Labute approximate surface area is 288 Å². The number of methoxy groups -OCH3 is 2. The van der Waals surface area contributed by atoms with Gasteiger partial charge in [-0.05, 0) is 73.4 Å². The van der Waals surface area contributed by atoms with Gasteiger partial charge in [0.05, 0.1) is 24.8 Å². The molecule has 0 saturated carbocycles. The topological polar surface area (TPSA) is 105 Å². The summed E-state index contributed by atoms with van der Waals surface area (Å²) in [5, 5.41) is 3.45. The van der Waals surface area contributed by atoms with E-state index in [4.69, 9.17) is 21.1 Å². The molecule has 0 bridgehead atoms. The van der Waals surface area contributed by atoms with Gasteiger partial charge >= 0.3 is 0 Å².